The lowest BCUT2D eigenvalue weighted by Gasteiger charge is -2.39. The van der Waals surface area contributed by atoms with E-state index in [1.165, 1.54) is 0 Å². The minimum absolute atomic E-state index is 0.0194. The average Bonchev–Trinajstić information content (AvgIpc) is 2.67. The molecule has 7 heteroatoms. The normalized spacial score (nSPS) is 26.3. The third-order valence-corrected chi connectivity index (χ3v) is 6.04. The van der Waals surface area contributed by atoms with E-state index in [2.05, 4.69) is 18.7 Å². The van der Waals surface area contributed by atoms with Crippen molar-refractivity contribution in [1.29, 1.82) is 0 Å². The van der Waals surface area contributed by atoms with E-state index in [9.17, 15) is 4.79 Å². The van der Waals surface area contributed by atoms with E-state index in [4.69, 9.17) is 25.8 Å². The van der Waals surface area contributed by atoms with Crippen molar-refractivity contribution >= 4 is 17.5 Å². The Morgan fingerprint density at radius 2 is 1.79 bits per heavy atom. The van der Waals surface area contributed by atoms with Gasteiger partial charge in [0.1, 0.15) is 13.2 Å². The Balaban J connectivity index is 1.33. The molecule has 0 bridgehead atoms. The number of carbonyl (C=O) groups is 1. The van der Waals surface area contributed by atoms with Crippen molar-refractivity contribution in [3.8, 4) is 11.5 Å². The highest BCUT2D eigenvalue weighted by atomic mass is 35.5. The van der Waals surface area contributed by atoms with Gasteiger partial charge in [-0.05, 0) is 44.7 Å². The summed E-state index contributed by atoms with van der Waals surface area (Å²) < 4.78 is 17.0. The summed E-state index contributed by atoms with van der Waals surface area (Å²) in [4.78, 5) is 17.4. The van der Waals surface area contributed by atoms with Crippen LogP contribution in [-0.4, -0.2) is 73.9 Å². The minimum Gasteiger partial charge on any atom is -0.486 e. The molecule has 154 valence electrons. The third kappa shape index (κ3) is 4.39. The molecule has 0 aliphatic carbocycles. The highest BCUT2D eigenvalue weighted by Gasteiger charge is 2.29. The molecule has 0 spiro atoms. The summed E-state index contributed by atoms with van der Waals surface area (Å²) in [6.45, 7) is 9.90. The maximum Gasteiger partial charge on any atom is 0.254 e. The van der Waals surface area contributed by atoms with Gasteiger partial charge in [0.15, 0.2) is 11.5 Å². The molecule has 0 radical (unpaired) electrons. The average molecular weight is 409 g/mol. The zero-order valence-electron chi connectivity index (χ0n) is 16.7. The van der Waals surface area contributed by atoms with E-state index >= 15 is 0 Å². The maximum atomic E-state index is 13.0. The number of carbonyl (C=O) groups excluding carboxylic acids is 1. The number of nitrogens with zero attached hydrogens (tertiary/aromatic N) is 2. The molecular weight excluding hydrogens is 380 g/mol. The summed E-state index contributed by atoms with van der Waals surface area (Å²) >= 11 is 6.29. The van der Waals surface area contributed by atoms with E-state index < -0.39 is 0 Å². The quantitative estimate of drug-likeness (QED) is 0.769. The second-order valence-electron chi connectivity index (χ2n) is 8.19. The summed E-state index contributed by atoms with van der Waals surface area (Å²) in [6, 6.07) is 3.45. The second-order valence-corrected chi connectivity index (χ2v) is 8.60. The topological polar surface area (TPSA) is 51.2 Å². The van der Waals surface area contributed by atoms with Crippen LogP contribution in [0, 0.1) is 5.92 Å². The van der Waals surface area contributed by atoms with Gasteiger partial charge in [0, 0.05) is 38.3 Å². The van der Waals surface area contributed by atoms with Crippen molar-refractivity contribution in [2.24, 2.45) is 5.92 Å². The molecule has 3 aliphatic heterocycles. The smallest absolute Gasteiger partial charge is 0.254 e. The highest BCUT2D eigenvalue weighted by Crippen LogP contribution is 2.38. The molecule has 2 atom stereocenters. The van der Waals surface area contributed by atoms with Gasteiger partial charge in [-0.1, -0.05) is 11.6 Å². The molecule has 0 N–H and O–H groups in total. The van der Waals surface area contributed by atoms with Crippen LogP contribution in [0.5, 0.6) is 11.5 Å². The molecule has 2 saturated heterocycles. The molecule has 3 heterocycles. The van der Waals surface area contributed by atoms with Gasteiger partial charge in [0.2, 0.25) is 0 Å². The standard InChI is InChI=1S/C21H29ClN2O4/c1-14-11-23(12-15(2)28-14)13-16-3-5-24(6-4-16)21(25)17-9-18(22)20-19(10-17)26-7-8-27-20/h9-10,14-16H,3-8,11-13H2,1-2H3. The van der Waals surface area contributed by atoms with E-state index in [0.29, 0.717) is 53.4 Å². The number of hydrogen-bond acceptors (Lipinski definition) is 5. The van der Waals surface area contributed by atoms with E-state index in [1.807, 2.05) is 4.90 Å². The van der Waals surface area contributed by atoms with E-state index in [-0.39, 0.29) is 5.91 Å². The highest BCUT2D eigenvalue weighted by molar-refractivity contribution is 6.32. The Bertz CT molecular complexity index is 711. The number of benzene rings is 1. The molecule has 1 amide bonds. The third-order valence-electron chi connectivity index (χ3n) is 5.76. The van der Waals surface area contributed by atoms with Gasteiger partial charge in [-0.3, -0.25) is 9.69 Å². The van der Waals surface area contributed by atoms with Gasteiger partial charge in [-0.25, -0.2) is 0 Å². The summed E-state index contributed by atoms with van der Waals surface area (Å²) in [5.41, 5.74) is 0.573. The summed E-state index contributed by atoms with van der Waals surface area (Å²) in [5.74, 6) is 1.75. The van der Waals surface area contributed by atoms with Crippen molar-refractivity contribution in [2.45, 2.75) is 38.9 Å². The molecule has 3 aliphatic rings. The van der Waals surface area contributed by atoms with Crippen LogP contribution in [0.3, 0.4) is 0 Å². The predicted molar refractivity (Wildman–Crippen MR) is 108 cm³/mol. The van der Waals surface area contributed by atoms with Crippen LogP contribution in [0.15, 0.2) is 12.1 Å². The molecule has 6 nitrogen and oxygen atoms in total. The van der Waals surface area contributed by atoms with Crippen LogP contribution in [-0.2, 0) is 4.74 Å². The fourth-order valence-electron chi connectivity index (χ4n) is 4.53. The first-order valence-electron chi connectivity index (χ1n) is 10.3. The zero-order chi connectivity index (χ0) is 19.7. The maximum absolute atomic E-state index is 13.0. The van der Waals surface area contributed by atoms with Crippen LogP contribution in [0.2, 0.25) is 5.02 Å². The molecular formula is C21H29ClN2O4. The second kappa shape index (κ2) is 8.47. The van der Waals surface area contributed by atoms with Crippen molar-refractivity contribution in [1.82, 2.24) is 9.80 Å². The van der Waals surface area contributed by atoms with Gasteiger partial charge in [-0.2, -0.15) is 0 Å². The number of morpholine rings is 1. The van der Waals surface area contributed by atoms with Crippen molar-refractivity contribution in [2.75, 3.05) is 45.9 Å². The zero-order valence-corrected chi connectivity index (χ0v) is 17.4. The van der Waals surface area contributed by atoms with Crippen molar-refractivity contribution in [3.63, 3.8) is 0 Å². The first-order valence-corrected chi connectivity index (χ1v) is 10.6. The van der Waals surface area contributed by atoms with E-state index in [1.54, 1.807) is 12.1 Å². The molecule has 0 saturated carbocycles. The van der Waals surface area contributed by atoms with Gasteiger partial charge in [0.25, 0.3) is 5.91 Å². The first kappa shape index (κ1) is 19.8. The molecule has 4 rings (SSSR count). The summed E-state index contributed by atoms with van der Waals surface area (Å²) in [5, 5.41) is 0.436. The lowest BCUT2D eigenvalue weighted by molar-refractivity contribution is -0.0728. The van der Waals surface area contributed by atoms with Crippen LogP contribution in [0.25, 0.3) is 0 Å². The monoisotopic (exact) mass is 408 g/mol. The van der Waals surface area contributed by atoms with Crippen molar-refractivity contribution in [3.05, 3.63) is 22.7 Å². The Morgan fingerprint density at radius 3 is 2.50 bits per heavy atom. The van der Waals surface area contributed by atoms with Crippen LogP contribution < -0.4 is 9.47 Å². The number of ether oxygens (including phenoxy) is 3. The number of likely N-dealkylation sites (tertiary alicyclic amines) is 1. The van der Waals surface area contributed by atoms with Crippen LogP contribution >= 0.6 is 11.6 Å². The van der Waals surface area contributed by atoms with Crippen LogP contribution in [0.1, 0.15) is 37.0 Å². The largest absolute Gasteiger partial charge is 0.486 e. The molecule has 2 unspecified atom stereocenters. The Labute approximate surface area is 171 Å². The number of halogens is 1. The minimum atomic E-state index is 0.0194. The van der Waals surface area contributed by atoms with Crippen molar-refractivity contribution < 1.29 is 19.0 Å². The SMILES string of the molecule is CC1CN(CC2CCN(C(=O)c3cc(Cl)c4c(c3)OCCO4)CC2)CC(C)O1. The summed E-state index contributed by atoms with van der Waals surface area (Å²) in [7, 11) is 0. The molecule has 0 aromatic heterocycles. The number of piperidine rings is 1. The molecule has 28 heavy (non-hydrogen) atoms. The van der Waals surface area contributed by atoms with Gasteiger partial charge in [-0.15, -0.1) is 0 Å². The lowest BCUT2D eigenvalue weighted by Crippen LogP contribution is -2.48. The van der Waals surface area contributed by atoms with Gasteiger partial charge in [0.05, 0.1) is 17.2 Å². The fourth-order valence-corrected chi connectivity index (χ4v) is 4.80. The Kier molecular flexibility index (Phi) is 5.99. The Hall–Kier alpha value is -1.50. The molecule has 1 aromatic carbocycles. The van der Waals surface area contributed by atoms with Crippen LogP contribution in [0.4, 0.5) is 0 Å². The van der Waals surface area contributed by atoms with E-state index in [0.717, 1.165) is 45.6 Å². The Morgan fingerprint density at radius 1 is 1.11 bits per heavy atom. The lowest BCUT2D eigenvalue weighted by atomic mass is 9.95. The number of amides is 1. The molecule has 1 aromatic rings. The number of hydrogen-bond donors (Lipinski definition) is 0. The number of rotatable bonds is 3. The predicted octanol–water partition coefficient (Wildman–Crippen LogP) is 3.07. The van der Waals surface area contributed by atoms with Gasteiger partial charge >= 0.3 is 0 Å². The first-order chi connectivity index (χ1) is 13.5. The van der Waals surface area contributed by atoms with Gasteiger partial charge < -0.3 is 19.1 Å². The number of fused-ring (bicyclic) bond motifs is 1. The summed E-state index contributed by atoms with van der Waals surface area (Å²) in [6.07, 6.45) is 2.66. The fraction of sp³-hybridized carbons (Fsp3) is 0.667. The molecule has 2 fully saturated rings.